The zero-order valence-corrected chi connectivity index (χ0v) is 12.6. The molecule has 7 heteroatoms. The number of likely N-dealkylation sites (tertiary alicyclic amines) is 1. The number of hydrogen-bond donors (Lipinski definition) is 0. The number of halogens is 1. The zero-order valence-electron chi connectivity index (χ0n) is 11.8. The fourth-order valence-corrected chi connectivity index (χ4v) is 3.37. The fraction of sp³-hybridized carbons (Fsp3) is 0.500. The van der Waals surface area contributed by atoms with Crippen LogP contribution in [0, 0.1) is 5.82 Å². The van der Waals surface area contributed by atoms with Crippen LogP contribution >= 0.6 is 0 Å². The Labute approximate surface area is 123 Å². The van der Waals surface area contributed by atoms with Gasteiger partial charge in [-0.3, -0.25) is 4.79 Å². The highest BCUT2D eigenvalue weighted by atomic mass is 32.2. The van der Waals surface area contributed by atoms with E-state index in [9.17, 15) is 17.6 Å². The molecule has 1 aromatic carbocycles. The number of benzene rings is 1. The summed E-state index contributed by atoms with van der Waals surface area (Å²) in [5.74, 6) is -0.126. The first-order valence-corrected chi connectivity index (χ1v) is 8.67. The van der Waals surface area contributed by atoms with Crippen molar-refractivity contribution in [2.75, 3.05) is 26.0 Å². The predicted molar refractivity (Wildman–Crippen MR) is 76.3 cm³/mol. The number of nitrogens with zero attached hydrogens (tertiary/aromatic N) is 1. The van der Waals surface area contributed by atoms with Crippen molar-refractivity contribution < 1.29 is 22.3 Å². The van der Waals surface area contributed by atoms with Gasteiger partial charge in [0.25, 0.3) is 5.91 Å². The van der Waals surface area contributed by atoms with E-state index in [1.807, 2.05) is 0 Å². The van der Waals surface area contributed by atoms with Crippen LogP contribution in [0.5, 0.6) is 5.75 Å². The zero-order chi connectivity index (χ0) is 15.5. The molecule has 0 bridgehead atoms. The first kappa shape index (κ1) is 15.8. The predicted octanol–water partition coefficient (Wildman–Crippen LogP) is 1.24. The molecular formula is C14H18FNO4S. The van der Waals surface area contributed by atoms with Crippen LogP contribution in [0.1, 0.15) is 12.8 Å². The molecule has 1 aliphatic rings. The van der Waals surface area contributed by atoms with Gasteiger partial charge < -0.3 is 9.64 Å². The van der Waals surface area contributed by atoms with Gasteiger partial charge in [0, 0.05) is 19.3 Å². The molecule has 5 nitrogen and oxygen atoms in total. The van der Waals surface area contributed by atoms with Gasteiger partial charge in [0.05, 0.1) is 5.25 Å². The minimum Gasteiger partial charge on any atom is -0.484 e. The van der Waals surface area contributed by atoms with Crippen LogP contribution in [0.25, 0.3) is 0 Å². The lowest BCUT2D eigenvalue weighted by atomic mass is 10.1. The Morgan fingerprint density at radius 2 is 1.86 bits per heavy atom. The second-order valence-electron chi connectivity index (χ2n) is 5.15. The largest absolute Gasteiger partial charge is 0.484 e. The molecule has 0 saturated carbocycles. The van der Waals surface area contributed by atoms with Gasteiger partial charge in [-0.15, -0.1) is 0 Å². The normalized spacial score (nSPS) is 16.8. The molecule has 0 aromatic heterocycles. The van der Waals surface area contributed by atoms with Gasteiger partial charge in [-0.05, 0) is 37.1 Å². The van der Waals surface area contributed by atoms with E-state index in [2.05, 4.69) is 0 Å². The van der Waals surface area contributed by atoms with E-state index >= 15 is 0 Å². The molecule has 21 heavy (non-hydrogen) atoms. The molecule has 0 radical (unpaired) electrons. The maximum Gasteiger partial charge on any atom is 0.260 e. The van der Waals surface area contributed by atoms with Gasteiger partial charge in [-0.1, -0.05) is 0 Å². The second kappa shape index (κ2) is 6.43. The first-order chi connectivity index (χ1) is 9.86. The Balaban J connectivity index is 1.81. The maximum atomic E-state index is 12.7. The Morgan fingerprint density at radius 1 is 1.29 bits per heavy atom. The van der Waals surface area contributed by atoms with Crippen molar-refractivity contribution in [3.63, 3.8) is 0 Å². The molecule has 1 amide bonds. The Hall–Kier alpha value is -1.63. The molecule has 0 N–H and O–H groups in total. The number of carbonyl (C=O) groups excluding carboxylic acids is 1. The van der Waals surface area contributed by atoms with Crippen LogP contribution in [-0.4, -0.2) is 50.4 Å². The molecule has 2 rings (SSSR count). The lowest BCUT2D eigenvalue weighted by Gasteiger charge is -2.31. The Kier molecular flexibility index (Phi) is 4.82. The quantitative estimate of drug-likeness (QED) is 0.838. The smallest absolute Gasteiger partial charge is 0.260 e. The van der Waals surface area contributed by atoms with E-state index < -0.39 is 9.84 Å². The summed E-state index contributed by atoms with van der Waals surface area (Å²) in [4.78, 5) is 13.6. The lowest BCUT2D eigenvalue weighted by Crippen LogP contribution is -2.44. The van der Waals surface area contributed by atoms with E-state index in [0.717, 1.165) is 0 Å². The summed E-state index contributed by atoms with van der Waals surface area (Å²) >= 11 is 0. The number of ether oxygens (including phenoxy) is 1. The molecule has 1 fully saturated rings. The van der Waals surface area contributed by atoms with E-state index in [4.69, 9.17) is 4.74 Å². The van der Waals surface area contributed by atoms with Crippen molar-refractivity contribution in [3.8, 4) is 5.75 Å². The van der Waals surface area contributed by atoms with Gasteiger partial charge >= 0.3 is 0 Å². The third-order valence-corrected chi connectivity index (χ3v) is 5.26. The summed E-state index contributed by atoms with van der Waals surface area (Å²) < 4.78 is 40.9. The second-order valence-corrected chi connectivity index (χ2v) is 7.48. The monoisotopic (exact) mass is 315 g/mol. The summed E-state index contributed by atoms with van der Waals surface area (Å²) in [7, 11) is -3.04. The van der Waals surface area contributed by atoms with Crippen LogP contribution in [0.4, 0.5) is 4.39 Å². The van der Waals surface area contributed by atoms with Gasteiger partial charge in [0.1, 0.15) is 21.4 Å². The number of piperidine rings is 1. The summed E-state index contributed by atoms with van der Waals surface area (Å²) in [6.07, 6.45) is 2.15. The van der Waals surface area contributed by atoms with Crippen molar-refractivity contribution in [1.82, 2.24) is 4.90 Å². The van der Waals surface area contributed by atoms with Crippen LogP contribution in [0.2, 0.25) is 0 Å². The van der Waals surface area contributed by atoms with Crippen molar-refractivity contribution in [3.05, 3.63) is 30.1 Å². The number of amides is 1. The molecule has 0 unspecified atom stereocenters. The summed E-state index contributed by atoms with van der Waals surface area (Å²) in [6.45, 7) is 0.710. The molecule has 1 heterocycles. The molecule has 0 aliphatic carbocycles. The molecule has 1 aromatic rings. The Morgan fingerprint density at radius 3 is 2.38 bits per heavy atom. The number of sulfone groups is 1. The van der Waals surface area contributed by atoms with Crippen LogP contribution in [-0.2, 0) is 14.6 Å². The van der Waals surface area contributed by atoms with Crippen molar-refractivity contribution >= 4 is 15.7 Å². The van der Waals surface area contributed by atoms with Gasteiger partial charge in [0.15, 0.2) is 6.61 Å². The van der Waals surface area contributed by atoms with Crippen LogP contribution in [0.15, 0.2) is 24.3 Å². The third-order valence-electron chi connectivity index (χ3n) is 3.58. The van der Waals surface area contributed by atoms with Crippen molar-refractivity contribution in [2.45, 2.75) is 18.1 Å². The van der Waals surface area contributed by atoms with E-state index in [1.54, 1.807) is 4.90 Å². The molecular weight excluding hydrogens is 297 g/mol. The summed E-state index contributed by atoms with van der Waals surface area (Å²) in [6, 6.07) is 5.44. The number of hydrogen-bond acceptors (Lipinski definition) is 4. The van der Waals surface area contributed by atoms with E-state index in [0.29, 0.717) is 31.7 Å². The van der Waals surface area contributed by atoms with Crippen LogP contribution < -0.4 is 4.74 Å². The number of carbonyl (C=O) groups is 1. The van der Waals surface area contributed by atoms with Crippen molar-refractivity contribution in [2.24, 2.45) is 0 Å². The minimum absolute atomic E-state index is 0.130. The van der Waals surface area contributed by atoms with Gasteiger partial charge in [-0.25, -0.2) is 12.8 Å². The van der Waals surface area contributed by atoms with E-state index in [-0.39, 0.29) is 23.6 Å². The molecule has 1 saturated heterocycles. The highest BCUT2D eigenvalue weighted by molar-refractivity contribution is 7.91. The highest BCUT2D eigenvalue weighted by Crippen LogP contribution is 2.17. The van der Waals surface area contributed by atoms with Gasteiger partial charge in [-0.2, -0.15) is 0 Å². The first-order valence-electron chi connectivity index (χ1n) is 6.71. The standard InChI is InChI=1S/C14H18FNO4S/c1-21(18,19)13-6-8-16(9-7-13)14(17)10-20-12-4-2-11(15)3-5-12/h2-5,13H,6-10H2,1H3. The third kappa shape index (κ3) is 4.42. The molecule has 1 aliphatic heterocycles. The van der Waals surface area contributed by atoms with Crippen LogP contribution in [0.3, 0.4) is 0 Å². The highest BCUT2D eigenvalue weighted by Gasteiger charge is 2.28. The topological polar surface area (TPSA) is 63.7 Å². The van der Waals surface area contributed by atoms with E-state index in [1.165, 1.54) is 30.5 Å². The number of rotatable bonds is 4. The van der Waals surface area contributed by atoms with Crippen molar-refractivity contribution in [1.29, 1.82) is 0 Å². The van der Waals surface area contributed by atoms with Gasteiger partial charge in [0.2, 0.25) is 0 Å². The lowest BCUT2D eigenvalue weighted by molar-refractivity contribution is -0.134. The fourth-order valence-electron chi connectivity index (χ4n) is 2.30. The molecule has 0 atom stereocenters. The summed E-state index contributed by atoms with van der Waals surface area (Å²) in [5.41, 5.74) is 0. The average molecular weight is 315 g/mol. The molecule has 0 spiro atoms. The average Bonchev–Trinajstić information content (AvgIpc) is 2.45. The minimum atomic E-state index is -3.04. The Bertz CT molecular complexity index is 592. The SMILES string of the molecule is CS(=O)(=O)C1CCN(C(=O)COc2ccc(F)cc2)CC1. The summed E-state index contributed by atoms with van der Waals surface area (Å²) in [5, 5.41) is -0.362. The molecule has 116 valence electrons. The maximum absolute atomic E-state index is 12.7.